The summed E-state index contributed by atoms with van der Waals surface area (Å²) in [6, 6.07) is 7.99. The molecule has 0 bridgehead atoms. The topological polar surface area (TPSA) is 130 Å². The van der Waals surface area contributed by atoms with Crippen LogP contribution in [0.5, 0.6) is 0 Å². The van der Waals surface area contributed by atoms with Crippen LogP contribution in [0.4, 0.5) is 26.5 Å². The summed E-state index contributed by atoms with van der Waals surface area (Å²) in [6.45, 7) is 0. The summed E-state index contributed by atoms with van der Waals surface area (Å²) in [6.07, 6.45) is 8.49. The predicted octanol–water partition coefficient (Wildman–Crippen LogP) is 2.55. The van der Waals surface area contributed by atoms with Gasteiger partial charge in [-0.15, -0.1) is 0 Å². The van der Waals surface area contributed by atoms with Crippen LogP contribution in [0.1, 0.15) is 18.4 Å². The molecule has 2 aliphatic rings. The fourth-order valence-electron chi connectivity index (χ4n) is 3.63. The fraction of sp³-hybridized carbons (Fsp3) is 0.136. The molecular weight excluding hydrogens is 441 g/mol. The Balaban J connectivity index is 1.38. The van der Waals surface area contributed by atoms with Crippen molar-refractivity contribution >= 4 is 41.0 Å². The average Bonchev–Trinajstić information content (AvgIpc) is 3.18. The number of carbonyl (C=O) groups is 2. The molecule has 34 heavy (non-hydrogen) atoms. The Morgan fingerprint density at radius 3 is 2.74 bits per heavy atom. The van der Waals surface area contributed by atoms with Gasteiger partial charge < -0.3 is 16.0 Å². The summed E-state index contributed by atoms with van der Waals surface area (Å²) < 4.78 is 18.1. The van der Waals surface area contributed by atoms with E-state index in [1.807, 2.05) is 0 Å². The summed E-state index contributed by atoms with van der Waals surface area (Å²) in [5.41, 5.74) is 1.88. The highest BCUT2D eigenvalue weighted by Crippen LogP contribution is 2.29. The van der Waals surface area contributed by atoms with Gasteiger partial charge in [0.1, 0.15) is 23.1 Å². The predicted molar refractivity (Wildman–Crippen MR) is 121 cm³/mol. The number of aromatic nitrogens is 5. The van der Waals surface area contributed by atoms with Gasteiger partial charge in [-0.2, -0.15) is 14.7 Å². The van der Waals surface area contributed by atoms with Crippen molar-refractivity contribution in [1.82, 2.24) is 35.0 Å². The molecule has 11 nitrogen and oxygen atoms in total. The first-order valence-corrected chi connectivity index (χ1v) is 10.6. The zero-order chi connectivity index (χ0) is 23.2. The van der Waals surface area contributed by atoms with Crippen molar-refractivity contribution in [2.45, 2.75) is 18.9 Å². The van der Waals surface area contributed by atoms with Crippen molar-refractivity contribution in [2.75, 3.05) is 10.6 Å². The quantitative estimate of drug-likeness (QED) is 0.258. The van der Waals surface area contributed by atoms with Gasteiger partial charge in [0.2, 0.25) is 0 Å². The van der Waals surface area contributed by atoms with Crippen LogP contribution < -0.4 is 21.3 Å². The number of urea groups is 1. The molecule has 2 fully saturated rings. The zero-order valence-corrected chi connectivity index (χ0v) is 17.6. The van der Waals surface area contributed by atoms with Crippen LogP contribution in [0, 0.1) is 5.82 Å². The smallest absolute Gasteiger partial charge is 0.326 e. The van der Waals surface area contributed by atoms with E-state index < -0.39 is 17.8 Å². The highest BCUT2D eigenvalue weighted by atomic mass is 19.1. The summed E-state index contributed by atoms with van der Waals surface area (Å²) in [7, 11) is 0. The molecule has 1 aromatic carbocycles. The monoisotopic (exact) mass is 459 g/mol. The maximum absolute atomic E-state index is 14.9. The molecule has 0 radical (unpaired) electrons. The highest BCUT2D eigenvalue weighted by Gasteiger charge is 2.25. The third-order valence-corrected chi connectivity index (χ3v) is 5.43. The molecule has 6 rings (SSSR count). The lowest BCUT2D eigenvalue weighted by molar-refractivity contribution is -0.115. The highest BCUT2D eigenvalue weighted by molar-refractivity contribution is 6.14. The lowest BCUT2D eigenvalue weighted by Crippen LogP contribution is -2.22. The molecule has 1 aliphatic carbocycles. The Morgan fingerprint density at radius 1 is 1.15 bits per heavy atom. The number of nitrogens with one attached hydrogen (secondary N) is 4. The van der Waals surface area contributed by atoms with E-state index >= 15 is 0 Å². The molecule has 4 heterocycles. The number of hydrogen-bond donors (Lipinski definition) is 4. The van der Waals surface area contributed by atoms with Crippen LogP contribution >= 0.6 is 0 Å². The first kappa shape index (κ1) is 19.9. The van der Waals surface area contributed by atoms with Gasteiger partial charge in [-0.3, -0.25) is 10.1 Å². The van der Waals surface area contributed by atoms with Gasteiger partial charge >= 0.3 is 6.03 Å². The van der Waals surface area contributed by atoms with E-state index in [4.69, 9.17) is 0 Å². The summed E-state index contributed by atoms with van der Waals surface area (Å²) in [4.78, 5) is 28.0. The Hall–Kier alpha value is -4.74. The molecule has 1 saturated heterocycles. The molecule has 4 N–H and O–H groups in total. The molecule has 170 valence electrons. The number of nitrogens with zero attached hydrogens (tertiary/aromatic N) is 5. The minimum Gasteiger partial charge on any atom is -0.367 e. The van der Waals surface area contributed by atoms with E-state index in [0.29, 0.717) is 34.6 Å². The molecule has 1 saturated carbocycles. The summed E-state index contributed by atoms with van der Waals surface area (Å²) >= 11 is 0. The molecule has 3 amide bonds. The van der Waals surface area contributed by atoms with Crippen LogP contribution in [0.25, 0.3) is 17.4 Å². The molecular formula is C22H18FN9O2. The summed E-state index contributed by atoms with van der Waals surface area (Å²) in [5, 5.41) is 19.5. The normalized spacial score (nSPS) is 16.7. The SMILES string of the molecule is O=C1NC(=O)/C(=C/c2cnn3c(NC4CC4)cc(Nc4ccc(-n5cccn5)cc4F)nc23)N1. The number of halogens is 1. The second-order valence-corrected chi connectivity index (χ2v) is 7.99. The van der Waals surface area contributed by atoms with Gasteiger partial charge in [0, 0.05) is 36.1 Å². The third-order valence-electron chi connectivity index (χ3n) is 5.43. The van der Waals surface area contributed by atoms with Crippen LogP contribution in [-0.4, -0.2) is 42.4 Å². The van der Waals surface area contributed by atoms with Gasteiger partial charge in [0.05, 0.1) is 17.6 Å². The van der Waals surface area contributed by atoms with Crippen molar-refractivity contribution in [1.29, 1.82) is 0 Å². The number of imide groups is 1. The first-order valence-electron chi connectivity index (χ1n) is 10.6. The molecule has 0 unspecified atom stereocenters. The maximum Gasteiger partial charge on any atom is 0.326 e. The first-order chi connectivity index (χ1) is 16.5. The fourth-order valence-corrected chi connectivity index (χ4v) is 3.63. The Morgan fingerprint density at radius 2 is 2.03 bits per heavy atom. The molecule has 12 heteroatoms. The zero-order valence-electron chi connectivity index (χ0n) is 17.6. The number of anilines is 3. The van der Waals surface area contributed by atoms with E-state index in [-0.39, 0.29) is 11.4 Å². The van der Waals surface area contributed by atoms with Crippen molar-refractivity contribution in [3.63, 3.8) is 0 Å². The number of carbonyl (C=O) groups excluding carboxylic acids is 2. The second-order valence-electron chi connectivity index (χ2n) is 7.99. The van der Waals surface area contributed by atoms with Gasteiger partial charge in [-0.05, 0) is 37.1 Å². The number of fused-ring (bicyclic) bond motifs is 1. The number of rotatable bonds is 6. The van der Waals surface area contributed by atoms with E-state index in [1.54, 1.807) is 52.1 Å². The second kappa shape index (κ2) is 7.69. The Kier molecular flexibility index (Phi) is 4.50. The van der Waals surface area contributed by atoms with E-state index in [2.05, 4.69) is 36.4 Å². The Bertz CT molecular complexity index is 1470. The van der Waals surface area contributed by atoms with Crippen LogP contribution in [-0.2, 0) is 4.79 Å². The third kappa shape index (κ3) is 3.70. The Labute approximate surface area is 191 Å². The lowest BCUT2D eigenvalue weighted by Gasteiger charge is -2.13. The van der Waals surface area contributed by atoms with Crippen LogP contribution in [0.3, 0.4) is 0 Å². The van der Waals surface area contributed by atoms with E-state index in [9.17, 15) is 14.0 Å². The van der Waals surface area contributed by atoms with Crippen LogP contribution in [0.15, 0.2) is 54.6 Å². The number of hydrogen-bond acceptors (Lipinski definition) is 7. The van der Waals surface area contributed by atoms with Gasteiger partial charge in [-0.25, -0.2) is 18.9 Å². The lowest BCUT2D eigenvalue weighted by atomic mass is 10.2. The minimum absolute atomic E-state index is 0.0945. The summed E-state index contributed by atoms with van der Waals surface area (Å²) in [5.74, 6) is 0.0661. The molecule has 0 spiro atoms. The largest absolute Gasteiger partial charge is 0.367 e. The van der Waals surface area contributed by atoms with Crippen molar-refractivity contribution in [3.05, 3.63) is 66.0 Å². The molecule has 1 aliphatic heterocycles. The number of amides is 3. The number of benzene rings is 1. The van der Waals surface area contributed by atoms with Crippen molar-refractivity contribution in [3.8, 4) is 5.69 Å². The average molecular weight is 459 g/mol. The maximum atomic E-state index is 14.9. The van der Waals surface area contributed by atoms with Gasteiger partial charge in [0.25, 0.3) is 5.91 Å². The van der Waals surface area contributed by atoms with E-state index in [1.165, 1.54) is 12.1 Å². The van der Waals surface area contributed by atoms with Crippen molar-refractivity contribution in [2.24, 2.45) is 0 Å². The molecule has 4 aromatic rings. The van der Waals surface area contributed by atoms with Gasteiger partial charge in [-0.1, -0.05) is 0 Å². The van der Waals surface area contributed by atoms with Crippen molar-refractivity contribution < 1.29 is 14.0 Å². The minimum atomic E-state index is -0.590. The standard InChI is InChI=1S/C22H18FN9O2/c23-15-9-14(31-7-1-6-24-31)4-5-16(15)27-18-10-19(26-13-2-3-13)32-20(29-18)12(11-25-32)8-17-21(33)30-22(34)28-17/h1,4-11,13,26H,2-3H2,(H,27,29)(H2,28,30,33,34)/b17-8-. The van der Waals surface area contributed by atoms with Gasteiger partial charge in [0.15, 0.2) is 5.65 Å². The van der Waals surface area contributed by atoms with Crippen LogP contribution in [0.2, 0.25) is 0 Å². The van der Waals surface area contributed by atoms with E-state index in [0.717, 1.165) is 12.8 Å². The molecule has 0 atom stereocenters. The molecule has 3 aromatic heterocycles.